The van der Waals surface area contributed by atoms with E-state index in [-0.39, 0.29) is 23.3 Å². The average Bonchev–Trinajstić information content (AvgIpc) is 3.34. The fourth-order valence-electron chi connectivity index (χ4n) is 4.04. The lowest BCUT2D eigenvalue weighted by molar-refractivity contribution is -0.117. The largest absolute Gasteiger partial charge is 0.312 e. The Morgan fingerprint density at radius 2 is 1.53 bits per heavy atom. The van der Waals surface area contributed by atoms with Gasteiger partial charge >= 0.3 is 0 Å². The second-order valence-electron chi connectivity index (χ2n) is 7.74. The van der Waals surface area contributed by atoms with Crippen LogP contribution in [-0.2, 0) is 26.2 Å². The molecule has 2 fully saturated rings. The Morgan fingerprint density at radius 3 is 2.10 bits per heavy atom. The molecule has 0 aliphatic carbocycles. The van der Waals surface area contributed by atoms with Crippen molar-refractivity contribution in [2.75, 3.05) is 22.9 Å². The van der Waals surface area contributed by atoms with Gasteiger partial charge in [-0.25, -0.2) is 13.1 Å². The highest BCUT2D eigenvalue weighted by Crippen LogP contribution is 2.26. The first kappa shape index (κ1) is 20.6. The number of aryl methyl sites for hydroxylation is 1. The summed E-state index contributed by atoms with van der Waals surface area (Å²) in [5.41, 5.74) is 2.91. The maximum atomic E-state index is 12.9. The van der Waals surface area contributed by atoms with Crippen LogP contribution in [0.15, 0.2) is 47.4 Å². The van der Waals surface area contributed by atoms with E-state index in [1.54, 1.807) is 34.9 Å². The van der Waals surface area contributed by atoms with Crippen molar-refractivity contribution in [2.24, 2.45) is 0 Å². The number of sulfonamides is 1. The molecule has 7 nitrogen and oxygen atoms in total. The molecule has 0 spiro atoms. The van der Waals surface area contributed by atoms with E-state index >= 15 is 0 Å². The van der Waals surface area contributed by atoms with E-state index in [0.717, 1.165) is 29.8 Å². The molecule has 0 saturated carbocycles. The van der Waals surface area contributed by atoms with Crippen LogP contribution in [0.2, 0.25) is 0 Å². The van der Waals surface area contributed by atoms with Crippen LogP contribution in [0, 0.1) is 6.92 Å². The number of rotatable bonds is 6. The highest BCUT2D eigenvalue weighted by molar-refractivity contribution is 7.89. The van der Waals surface area contributed by atoms with Crippen molar-refractivity contribution < 1.29 is 18.0 Å². The van der Waals surface area contributed by atoms with Crippen LogP contribution in [0.5, 0.6) is 0 Å². The monoisotopic (exact) mass is 427 g/mol. The van der Waals surface area contributed by atoms with Gasteiger partial charge < -0.3 is 9.80 Å². The lowest BCUT2D eigenvalue weighted by Crippen LogP contribution is -2.26. The molecule has 2 aromatic carbocycles. The fraction of sp³-hybridized carbons (Fsp3) is 0.364. The van der Waals surface area contributed by atoms with Crippen molar-refractivity contribution in [3.05, 3.63) is 53.6 Å². The lowest BCUT2D eigenvalue weighted by atomic mass is 10.2. The summed E-state index contributed by atoms with van der Waals surface area (Å²) in [7, 11) is -3.72. The minimum Gasteiger partial charge on any atom is -0.312 e. The summed E-state index contributed by atoms with van der Waals surface area (Å²) >= 11 is 0. The molecule has 2 amide bonds. The van der Waals surface area contributed by atoms with Gasteiger partial charge in [-0.1, -0.05) is 12.1 Å². The molecule has 2 aliphatic heterocycles. The number of nitrogens with zero attached hydrogens (tertiary/aromatic N) is 2. The summed E-state index contributed by atoms with van der Waals surface area (Å²) in [6, 6.07) is 12.4. The summed E-state index contributed by atoms with van der Waals surface area (Å²) in [5, 5.41) is 0. The van der Waals surface area contributed by atoms with Gasteiger partial charge in [-0.05, 0) is 61.2 Å². The number of carbonyl (C=O) groups is 2. The molecule has 2 aliphatic rings. The fourth-order valence-corrected chi connectivity index (χ4v) is 5.28. The molecule has 0 atom stereocenters. The topological polar surface area (TPSA) is 86.8 Å². The molecule has 0 unspecified atom stereocenters. The highest BCUT2D eigenvalue weighted by atomic mass is 32.2. The van der Waals surface area contributed by atoms with Gasteiger partial charge in [-0.3, -0.25) is 9.59 Å². The van der Waals surface area contributed by atoms with Gasteiger partial charge in [0.15, 0.2) is 0 Å². The quantitative estimate of drug-likeness (QED) is 0.768. The number of hydrogen-bond donors (Lipinski definition) is 1. The number of benzene rings is 2. The van der Waals surface area contributed by atoms with E-state index in [2.05, 4.69) is 4.72 Å². The van der Waals surface area contributed by atoms with Crippen molar-refractivity contribution in [2.45, 2.75) is 44.0 Å². The normalized spacial score (nSPS) is 17.2. The molecule has 30 heavy (non-hydrogen) atoms. The molecule has 1 N–H and O–H groups in total. The van der Waals surface area contributed by atoms with E-state index < -0.39 is 10.0 Å². The summed E-state index contributed by atoms with van der Waals surface area (Å²) < 4.78 is 28.4. The molecule has 2 heterocycles. The zero-order valence-electron chi connectivity index (χ0n) is 16.9. The molecule has 8 heteroatoms. The van der Waals surface area contributed by atoms with Crippen LogP contribution in [0.1, 0.15) is 36.8 Å². The van der Waals surface area contributed by atoms with Crippen molar-refractivity contribution in [3.8, 4) is 0 Å². The van der Waals surface area contributed by atoms with Gasteiger partial charge in [0.25, 0.3) is 0 Å². The predicted molar refractivity (Wildman–Crippen MR) is 115 cm³/mol. The van der Waals surface area contributed by atoms with Gasteiger partial charge in [-0.15, -0.1) is 0 Å². The standard InChI is InChI=1S/C22H25N3O4S/c1-16-13-19(25-12-4-8-22(25)27)9-10-20(16)30(28,29)23-15-17-5-2-6-18(14-17)24-11-3-7-21(24)26/h2,5-6,9-10,13-14,23H,3-4,7-8,11-12,15H2,1H3. The number of hydrogen-bond acceptors (Lipinski definition) is 4. The Balaban J connectivity index is 1.48. The summed E-state index contributed by atoms with van der Waals surface area (Å²) in [5.74, 6) is 0.166. The highest BCUT2D eigenvalue weighted by Gasteiger charge is 2.24. The van der Waals surface area contributed by atoms with E-state index in [1.807, 2.05) is 24.3 Å². The molecule has 0 bridgehead atoms. The predicted octanol–water partition coefficient (Wildman–Crippen LogP) is 2.73. The number of anilines is 2. The minimum atomic E-state index is -3.72. The molecule has 4 rings (SSSR count). The van der Waals surface area contributed by atoms with E-state index in [4.69, 9.17) is 0 Å². The van der Waals surface area contributed by atoms with Crippen LogP contribution in [-0.4, -0.2) is 33.3 Å². The first-order valence-electron chi connectivity index (χ1n) is 10.2. The minimum absolute atomic E-state index is 0.0690. The Kier molecular flexibility index (Phi) is 5.62. The molecule has 158 valence electrons. The van der Waals surface area contributed by atoms with Crippen LogP contribution >= 0.6 is 0 Å². The lowest BCUT2D eigenvalue weighted by Gasteiger charge is -2.18. The van der Waals surface area contributed by atoms with Crippen LogP contribution in [0.25, 0.3) is 0 Å². The number of amides is 2. The maximum absolute atomic E-state index is 12.9. The molecular formula is C22H25N3O4S. The van der Waals surface area contributed by atoms with Gasteiger partial charge in [0.05, 0.1) is 4.90 Å². The van der Waals surface area contributed by atoms with Gasteiger partial charge in [0, 0.05) is 43.9 Å². The second kappa shape index (κ2) is 8.20. The number of carbonyl (C=O) groups excluding carboxylic acids is 2. The Labute approximate surface area is 176 Å². The van der Waals surface area contributed by atoms with Gasteiger partial charge in [-0.2, -0.15) is 0 Å². The van der Waals surface area contributed by atoms with Crippen LogP contribution in [0.3, 0.4) is 0 Å². The summed E-state index contributed by atoms with van der Waals surface area (Å²) in [4.78, 5) is 27.5. The van der Waals surface area contributed by atoms with E-state index in [0.29, 0.717) is 31.5 Å². The Morgan fingerprint density at radius 1 is 0.900 bits per heavy atom. The van der Waals surface area contributed by atoms with Crippen molar-refractivity contribution in [1.29, 1.82) is 0 Å². The second-order valence-corrected chi connectivity index (χ2v) is 9.48. The smallest absolute Gasteiger partial charge is 0.241 e. The van der Waals surface area contributed by atoms with Crippen LogP contribution < -0.4 is 14.5 Å². The maximum Gasteiger partial charge on any atom is 0.241 e. The molecule has 0 radical (unpaired) electrons. The SMILES string of the molecule is Cc1cc(N2CCCC2=O)ccc1S(=O)(=O)NCc1cccc(N2CCCC2=O)c1. The third-order valence-electron chi connectivity index (χ3n) is 5.60. The third kappa shape index (κ3) is 4.11. The molecular weight excluding hydrogens is 402 g/mol. The number of nitrogens with one attached hydrogen (secondary N) is 1. The van der Waals surface area contributed by atoms with E-state index in [9.17, 15) is 18.0 Å². The molecule has 2 aromatic rings. The van der Waals surface area contributed by atoms with Gasteiger partial charge in [0.2, 0.25) is 21.8 Å². The third-order valence-corrected chi connectivity index (χ3v) is 7.16. The Bertz CT molecular complexity index is 1100. The van der Waals surface area contributed by atoms with Crippen molar-refractivity contribution in [1.82, 2.24) is 4.72 Å². The zero-order chi connectivity index (χ0) is 21.3. The zero-order valence-corrected chi connectivity index (χ0v) is 17.7. The molecule has 2 saturated heterocycles. The Hall–Kier alpha value is -2.71. The average molecular weight is 428 g/mol. The first-order valence-corrected chi connectivity index (χ1v) is 11.6. The van der Waals surface area contributed by atoms with Gasteiger partial charge in [0.1, 0.15) is 0 Å². The summed E-state index contributed by atoms with van der Waals surface area (Å²) in [6.45, 7) is 3.22. The van der Waals surface area contributed by atoms with Crippen LogP contribution in [0.4, 0.5) is 11.4 Å². The van der Waals surface area contributed by atoms with Crippen molar-refractivity contribution >= 4 is 33.2 Å². The molecule has 0 aromatic heterocycles. The summed E-state index contributed by atoms with van der Waals surface area (Å²) in [6.07, 6.45) is 2.74. The first-order chi connectivity index (χ1) is 14.3. The van der Waals surface area contributed by atoms with E-state index in [1.165, 1.54) is 0 Å². The van der Waals surface area contributed by atoms with Crippen molar-refractivity contribution in [3.63, 3.8) is 0 Å².